The van der Waals surface area contributed by atoms with Gasteiger partial charge in [-0.25, -0.2) is 4.79 Å². The second kappa shape index (κ2) is 7.24. The van der Waals surface area contributed by atoms with Gasteiger partial charge < -0.3 is 15.7 Å². The first-order chi connectivity index (χ1) is 8.52. The zero-order chi connectivity index (χ0) is 13.5. The van der Waals surface area contributed by atoms with Crippen LogP contribution in [0.25, 0.3) is 0 Å². The highest BCUT2D eigenvalue weighted by Crippen LogP contribution is 2.24. The Morgan fingerprint density at radius 1 is 1.28 bits per heavy atom. The van der Waals surface area contributed by atoms with Crippen molar-refractivity contribution in [3.63, 3.8) is 0 Å². The molecule has 0 radical (unpaired) electrons. The second-order valence-corrected chi connectivity index (χ2v) is 5.25. The molecule has 0 aliphatic heterocycles. The Kier molecular flexibility index (Phi) is 5.95. The van der Waals surface area contributed by atoms with E-state index in [1.165, 1.54) is 0 Å². The average molecular weight is 256 g/mol. The fourth-order valence-electron chi connectivity index (χ4n) is 2.13. The highest BCUT2D eigenvalue weighted by atomic mass is 16.4. The molecule has 1 aliphatic rings. The van der Waals surface area contributed by atoms with Crippen molar-refractivity contribution in [2.75, 3.05) is 6.54 Å². The quantitative estimate of drug-likeness (QED) is 0.703. The van der Waals surface area contributed by atoms with E-state index in [0.29, 0.717) is 25.3 Å². The summed E-state index contributed by atoms with van der Waals surface area (Å²) in [5.41, 5.74) is 0. The molecule has 5 nitrogen and oxygen atoms in total. The number of hydrogen-bond acceptors (Lipinski definition) is 2. The summed E-state index contributed by atoms with van der Waals surface area (Å²) >= 11 is 0. The minimum atomic E-state index is -0.713. The molecule has 1 fully saturated rings. The number of nitrogens with one attached hydrogen (secondary N) is 2. The Morgan fingerprint density at radius 3 is 2.39 bits per heavy atom. The highest BCUT2D eigenvalue weighted by molar-refractivity contribution is 5.74. The Morgan fingerprint density at radius 2 is 1.89 bits per heavy atom. The molecule has 0 saturated heterocycles. The van der Waals surface area contributed by atoms with Crippen LogP contribution in [0.4, 0.5) is 4.79 Å². The highest BCUT2D eigenvalue weighted by Gasteiger charge is 2.26. The van der Waals surface area contributed by atoms with Gasteiger partial charge >= 0.3 is 12.0 Å². The van der Waals surface area contributed by atoms with Crippen LogP contribution < -0.4 is 10.6 Å². The van der Waals surface area contributed by atoms with Crippen molar-refractivity contribution < 1.29 is 14.7 Å². The number of carboxylic acids is 1. The van der Waals surface area contributed by atoms with E-state index in [9.17, 15) is 9.59 Å². The van der Waals surface area contributed by atoms with Gasteiger partial charge in [0.05, 0.1) is 5.92 Å². The minimum absolute atomic E-state index is 0.123. The number of carbonyl (C=O) groups excluding carboxylic acids is 1. The molecule has 1 unspecified atom stereocenters. The maximum absolute atomic E-state index is 11.6. The molecule has 0 heterocycles. The van der Waals surface area contributed by atoms with Crippen LogP contribution in [-0.4, -0.2) is 29.7 Å². The lowest BCUT2D eigenvalue weighted by Crippen LogP contribution is -2.45. The van der Waals surface area contributed by atoms with E-state index in [1.54, 1.807) is 0 Å². The van der Waals surface area contributed by atoms with E-state index in [-0.39, 0.29) is 18.0 Å². The molecule has 1 aliphatic carbocycles. The number of rotatable bonds is 5. The normalized spacial score (nSPS) is 25.2. The minimum Gasteiger partial charge on any atom is -0.481 e. The molecule has 18 heavy (non-hydrogen) atoms. The first-order valence-corrected chi connectivity index (χ1v) is 6.80. The summed E-state index contributed by atoms with van der Waals surface area (Å²) in [6.07, 6.45) is 3.88. The summed E-state index contributed by atoms with van der Waals surface area (Å²) in [6, 6.07) is -0.00777. The van der Waals surface area contributed by atoms with Gasteiger partial charge in [0.2, 0.25) is 0 Å². The fraction of sp³-hybridized carbons (Fsp3) is 0.846. The standard InChI is InChI=1S/C13H24N2O3/c1-3-9(2)8-14-13(18)15-11-6-4-10(5-7-11)12(16)17/h9-11H,3-8H2,1-2H3,(H,16,17)(H2,14,15,18). The third-order valence-corrected chi connectivity index (χ3v) is 3.72. The van der Waals surface area contributed by atoms with Crippen LogP contribution in [0.2, 0.25) is 0 Å². The van der Waals surface area contributed by atoms with E-state index >= 15 is 0 Å². The molecular weight excluding hydrogens is 232 g/mol. The van der Waals surface area contributed by atoms with Gasteiger partial charge in [0.25, 0.3) is 0 Å². The summed E-state index contributed by atoms with van der Waals surface area (Å²) in [7, 11) is 0. The van der Waals surface area contributed by atoms with Gasteiger partial charge in [-0.2, -0.15) is 0 Å². The van der Waals surface area contributed by atoms with Crippen LogP contribution in [0.3, 0.4) is 0 Å². The van der Waals surface area contributed by atoms with Crippen molar-refractivity contribution in [3.05, 3.63) is 0 Å². The molecule has 1 rings (SSSR count). The van der Waals surface area contributed by atoms with Gasteiger partial charge in [-0.05, 0) is 31.6 Å². The van der Waals surface area contributed by atoms with E-state index in [2.05, 4.69) is 24.5 Å². The Hall–Kier alpha value is -1.26. The van der Waals surface area contributed by atoms with E-state index < -0.39 is 5.97 Å². The van der Waals surface area contributed by atoms with Gasteiger partial charge in [0, 0.05) is 12.6 Å². The van der Waals surface area contributed by atoms with E-state index in [0.717, 1.165) is 19.3 Å². The van der Waals surface area contributed by atoms with Crippen LogP contribution in [0, 0.1) is 11.8 Å². The third kappa shape index (κ3) is 4.94. The molecule has 5 heteroatoms. The van der Waals surface area contributed by atoms with Crippen molar-refractivity contribution in [3.8, 4) is 0 Å². The maximum Gasteiger partial charge on any atom is 0.315 e. The molecule has 1 saturated carbocycles. The number of carboxylic acid groups (broad SMARTS) is 1. The smallest absolute Gasteiger partial charge is 0.315 e. The molecule has 0 aromatic rings. The summed E-state index contributed by atoms with van der Waals surface area (Å²) < 4.78 is 0. The van der Waals surface area contributed by atoms with Crippen molar-refractivity contribution in [1.29, 1.82) is 0 Å². The SMILES string of the molecule is CCC(C)CNC(=O)NC1CCC(C(=O)O)CC1. The average Bonchev–Trinajstić information content (AvgIpc) is 2.36. The van der Waals surface area contributed by atoms with Crippen LogP contribution >= 0.6 is 0 Å². The summed E-state index contributed by atoms with van der Waals surface area (Å²) in [5, 5.41) is 14.6. The number of amides is 2. The second-order valence-electron chi connectivity index (χ2n) is 5.25. The Bertz CT molecular complexity index is 286. The lowest BCUT2D eigenvalue weighted by atomic mass is 9.86. The van der Waals surface area contributed by atoms with Crippen LogP contribution in [0.15, 0.2) is 0 Å². The number of carbonyl (C=O) groups is 2. The predicted octanol–water partition coefficient (Wildman–Crippen LogP) is 1.98. The zero-order valence-electron chi connectivity index (χ0n) is 11.2. The van der Waals surface area contributed by atoms with Crippen LogP contribution in [-0.2, 0) is 4.79 Å². The molecule has 2 amide bonds. The molecule has 1 atom stereocenters. The maximum atomic E-state index is 11.6. The molecule has 0 bridgehead atoms. The lowest BCUT2D eigenvalue weighted by Gasteiger charge is -2.27. The van der Waals surface area contributed by atoms with Crippen LogP contribution in [0.5, 0.6) is 0 Å². The van der Waals surface area contributed by atoms with Gasteiger partial charge in [-0.1, -0.05) is 20.3 Å². The molecule has 0 spiro atoms. The molecule has 0 aromatic heterocycles. The summed E-state index contributed by atoms with van der Waals surface area (Å²) in [5.74, 6) is -0.459. The van der Waals surface area contributed by atoms with E-state index in [4.69, 9.17) is 5.11 Å². The monoisotopic (exact) mass is 256 g/mol. The predicted molar refractivity (Wildman–Crippen MR) is 69.4 cm³/mol. The molecular formula is C13H24N2O3. The topological polar surface area (TPSA) is 78.4 Å². The Balaban J connectivity index is 2.20. The number of aliphatic carboxylic acids is 1. The van der Waals surface area contributed by atoms with Crippen molar-refractivity contribution in [2.45, 2.75) is 52.0 Å². The van der Waals surface area contributed by atoms with Gasteiger partial charge in [0.15, 0.2) is 0 Å². The van der Waals surface area contributed by atoms with Crippen molar-refractivity contribution >= 4 is 12.0 Å². The summed E-state index contributed by atoms with van der Waals surface area (Å²) in [4.78, 5) is 22.4. The molecule has 104 valence electrons. The van der Waals surface area contributed by atoms with Crippen molar-refractivity contribution in [2.24, 2.45) is 11.8 Å². The summed E-state index contributed by atoms with van der Waals surface area (Å²) in [6.45, 7) is 4.88. The Labute approximate surface area is 108 Å². The van der Waals surface area contributed by atoms with Gasteiger partial charge in [-0.3, -0.25) is 4.79 Å². The first-order valence-electron chi connectivity index (χ1n) is 6.80. The fourth-order valence-corrected chi connectivity index (χ4v) is 2.13. The van der Waals surface area contributed by atoms with Crippen molar-refractivity contribution in [1.82, 2.24) is 10.6 Å². The number of hydrogen-bond donors (Lipinski definition) is 3. The molecule has 3 N–H and O–H groups in total. The largest absolute Gasteiger partial charge is 0.481 e. The zero-order valence-corrected chi connectivity index (χ0v) is 11.2. The first kappa shape index (κ1) is 14.8. The van der Waals surface area contributed by atoms with Gasteiger partial charge in [-0.15, -0.1) is 0 Å². The lowest BCUT2D eigenvalue weighted by molar-refractivity contribution is -0.142. The number of urea groups is 1. The van der Waals surface area contributed by atoms with E-state index in [1.807, 2.05) is 0 Å². The van der Waals surface area contributed by atoms with Crippen LogP contribution in [0.1, 0.15) is 46.0 Å². The third-order valence-electron chi connectivity index (χ3n) is 3.72. The molecule has 0 aromatic carbocycles. The van der Waals surface area contributed by atoms with Gasteiger partial charge in [0.1, 0.15) is 0 Å².